The van der Waals surface area contributed by atoms with Gasteiger partial charge in [-0.3, -0.25) is 18.7 Å². The van der Waals surface area contributed by atoms with E-state index in [-0.39, 0.29) is 12.1 Å². The van der Waals surface area contributed by atoms with Crippen LogP contribution in [0.4, 0.5) is 5.69 Å². The first-order valence-electron chi connectivity index (χ1n) is 12.5. The lowest BCUT2D eigenvalue weighted by atomic mass is 9.44. The van der Waals surface area contributed by atoms with Crippen LogP contribution in [-0.2, 0) is 27.6 Å². The summed E-state index contributed by atoms with van der Waals surface area (Å²) in [6.45, 7) is 1.79. The van der Waals surface area contributed by atoms with Gasteiger partial charge >= 0.3 is 0 Å². The van der Waals surface area contributed by atoms with Crippen molar-refractivity contribution in [2.24, 2.45) is 0 Å². The van der Waals surface area contributed by atoms with Crippen LogP contribution in [0.15, 0.2) is 66.0 Å². The third-order valence-corrected chi connectivity index (χ3v) is 7.60. The standard InChI is InChI=1S/C26H24B4N4O8S/c1-14-9-15(3-6-20(14)42-21-7-8-31-19-5-4-17(43(2)41)11-18(19)21)10-22(35)33-16-12-32-34(13-16)23(24(27,28)36,25(29,37)38)26(30,39)40/h3-9,11-13,36-40H,10H2,1-2H3,(H,33,35). The van der Waals surface area contributed by atoms with Gasteiger partial charge in [0.15, 0.2) is 21.2 Å². The van der Waals surface area contributed by atoms with E-state index in [1.807, 2.05) is 0 Å². The van der Waals surface area contributed by atoms with Crippen molar-refractivity contribution in [3.63, 3.8) is 0 Å². The lowest BCUT2D eigenvalue weighted by molar-refractivity contribution is -0.300. The molecule has 1 unspecified atom stereocenters. The Kier molecular flexibility index (Phi) is 8.73. The summed E-state index contributed by atoms with van der Waals surface area (Å²) in [6.07, 6.45) is 4.88. The zero-order chi connectivity index (χ0) is 32.0. The van der Waals surface area contributed by atoms with Crippen molar-refractivity contribution in [3.05, 3.63) is 72.2 Å². The van der Waals surface area contributed by atoms with Crippen molar-refractivity contribution in [1.29, 1.82) is 0 Å². The van der Waals surface area contributed by atoms with E-state index in [4.69, 9.17) is 36.1 Å². The molecule has 214 valence electrons. The number of hydrogen-bond acceptors (Lipinski definition) is 10. The van der Waals surface area contributed by atoms with Crippen LogP contribution in [-0.4, -0.2) is 105 Å². The van der Waals surface area contributed by atoms with Crippen molar-refractivity contribution >= 4 is 64.7 Å². The van der Waals surface area contributed by atoms with E-state index in [1.54, 1.807) is 61.8 Å². The van der Waals surface area contributed by atoms with Gasteiger partial charge in [0.2, 0.25) is 5.91 Å². The first-order chi connectivity index (χ1) is 19.8. The van der Waals surface area contributed by atoms with E-state index < -0.39 is 39.0 Å². The fourth-order valence-corrected chi connectivity index (χ4v) is 5.31. The number of ether oxygens (including phenoxy) is 1. The molecule has 2 aromatic heterocycles. The molecular formula is C26H24B4N4O8S. The number of aryl methyl sites for hydroxylation is 1. The van der Waals surface area contributed by atoms with Crippen molar-refractivity contribution in [3.8, 4) is 11.5 Å². The quantitative estimate of drug-likeness (QED) is 0.0954. The first kappa shape index (κ1) is 32.5. The SMILES string of the molecule is [B]C([B])(O)C(n1cc(NC(=O)Cc2ccc(Oc3ccnc4ccc(S(C)=O)cc34)c(C)c2)cn1)(C([B])(O)O)C([B])(O)O. The highest BCUT2D eigenvalue weighted by Gasteiger charge is 2.65. The number of amides is 1. The number of rotatable bonds is 10. The van der Waals surface area contributed by atoms with Gasteiger partial charge in [0.25, 0.3) is 0 Å². The summed E-state index contributed by atoms with van der Waals surface area (Å²) in [4.78, 5) is 17.7. The molecule has 0 saturated heterocycles. The molecule has 8 radical (unpaired) electrons. The molecule has 0 spiro atoms. The molecule has 2 aromatic carbocycles. The third kappa shape index (κ3) is 6.28. The highest BCUT2D eigenvalue weighted by atomic mass is 32.2. The Morgan fingerprint density at radius 2 is 1.67 bits per heavy atom. The van der Waals surface area contributed by atoms with E-state index in [2.05, 4.69) is 15.4 Å². The van der Waals surface area contributed by atoms with Gasteiger partial charge in [-0.15, -0.1) is 0 Å². The lowest BCUT2D eigenvalue weighted by Gasteiger charge is -2.56. The van der Waals surface area contributed by atoms with E-state index >= 15 is 0 Å². The Balaban J connectivity index is 1.52. The minimum absolute atomic E-state index is 0.0965. The number of benzene rings is 2. The van der Waals surface area contributed by atoms with Gasteiger partial charge < -0.3 is 35.6 Å². The molecule has 17 heteroatoms. The minimum atomic E-state index is -3.74. The second kappa shape index (κ2) is 11.6. The number of aliphatic hydroxyl groups is 5. The first-order valence-corrected chi connectivity index (χ1v) is 14.0. The molecule has 12 nitrogen and oxygen atoms in total. The number of nitrogens with one attached hydrogen (secondary N) is 1. The molecule has 0 bridgehead atoms. The predicted molar refractivity (Wildman–Crippen MR) is 160 cm³/mol. The van der Waals surface area contributed by atoms with Crippen LogP contribution in [0.5, 0.6) is 11.5 Å². The van der Waals surface area contributed by atoms with Gasteiger partial charge in [-0.1, -0.05) is 12.1 Å². The van der Waals surface area contributed by atoms with Crippen LogP contribution >= 0.6 is 0 Å². The second-order valence-electron chi connectivity index (χ2n) is 10.0. The van der Waals surface area contributed by atoms with Crippen LogP contribution in [0.2, 0.25) is 0 Å². The van der Waals surface area contributed by atoms with Gasteiger partial charge in [-0.05, 0) is 48.4 Å². The van der Waals surface area contributed by atoms with Gasteiger partial charge in [-0.25, -0.2) is 0 Å². The van der Waals surface area contributed by atoms with Crippen LogP contribution < -0.4 is 10.1 Å². The fourth-order valence-electron chi connectivity index (χ4n) is 4.76. The fraction of sp³-hybridized carbons (Fsp3) is 0.269. The van der Waals surface area contributed by atoms with Crippen LogP contribution in [0.25, 0.3) is 10.9 Å². The smallest absolute Gasteiger partial charge is 0.228 e. The zero-order valence-electron chi connectivity index (χ0n) is 23.0. The number of nitrogens with zero attached hydrogens (tertiary/aromatic N) is 3. The van der Waals surface area contributed by atoms with Crippen molar-refractivity contribution in [2.45, 2.75) is 40.6 Å². The second-order valence-corrected chi connectivity index (χ2v) is 11.4. The summed E-state index contributed by atoms with van der Waals surface area (Å²) < 4.78 is 18.4. The summed E-state index contributed by atoms with van der Waals surface area (Å²) in [5.41, 5.74) is -9.03. The summed E-state index contributed by atoms with van der Waals surface area (Å²) >= 11 is 0. The van der Waals surface area contributed by atoms with Gasteiger partial charge in [-0.2, -0.15) is 5.10 Å². The molecule has 43 heavy (non-hydrogen) atoms. The molecule has 0 aliphatic heterocycles. The molecule has 0 aliphatic rings. The van der Waals surface area contributed by atoms with Crippen LogP contribution in [0.3, 0.4) is 0 Å². The molecule has 0 saturated carbocycles. The minimum Gasteiger partial charge on any atom is -0.456 e. The Morgan fingerprint density at radius 3 is 2.26 bits per heavy atom. The predicted octanol–water partition coefficient (Wildman–Crippen LogP) is -1.26. The molecule has 2 heterocycles. The average Bonchev–Trinajstić information content (AvgIpc) is 3.30. The summed E-state index contributed by atoms with van der Waals surface area (Å²) in [5, 5.41) is 54.2. The Labute approximate surface area is 254 Å². The monoisotopic (exact) mass is 596 g/mol. The maximum atomic E-state index is 12.8. The molecule has 4 aromatic rings. The van der Waals surface area contributed by atoms with Crippen LogP contribution in [0.1, 0.15) is 11.1 Å². The van der Waals surface area contributed by atoms with Gasteiger partial charge in [0, 0.05) is 45.1 Å². The van der Waals surface area contributed by atoms with E-state index in [0.717, 1.165) is 12.4 Å². The van der Waals surface area contributed by atoms with Crippen molar-refractivity contribution in [2.75, 3.05) is 11.6 Å². The zero-order valence-corrected chi connectivity index (χ0v) is 23.8. The third-order valence-electron chi connectivity index (χ3n) is 6.68. The molecular weight excluding hydrogens is 572 g/mol. The number of hydrogen-bond donors (Lipinski definition) is 6. The number of anilines is 1. The molecule has 1 amide bonds. The van der Waals surface area contributed by atoms with E-state index in [0.29, 0.717) is 43.1 Å². The molecule has 6 N–H and O–H groups in total. The van der Waals surface area contributed by atoms with Crippen molar-refractivity contribution in [1.82, 2.24) is 14.8 Å². The summed E-state index contributed by atoms with van der Waals surface area (Å²) in [7, 11) is 20.2. The Bertz CT molecular complexity index is 1660. The normalized spacial score (nSPS) is 13.6. The number of aromatic nitrogens is 3. The largest absolute Gasteiger partial charge is 0.456 e. The summed E-state index contributed by atoms with van der Waals surface area (Å²) in [6, 6.07) is 12.1. The van der Waals surface area contributed by atoms with E-state index in [1.165, 1.54) is 0 Å². The maximum absolute atomic E-state index is 12.8. The number of carbonyl (C=O) groups is 1. The number of pyridine rings is 1. The molecule has 4 rings (SSSR count). The van der Waals surface area contributed by atoms with Gasteiger partial charge in [0.1, 0.15) is 38.6 Å². The molecule has 0 fully saturated rings. The topological polar surface area (TPSA) is 187 Å². The molecule has 0 aliphatic carbocycles. The number of carbonyl (C=O) groups excluding carboxylic acids is 1. The highest BCUT2D eigenvalue weighted by Crippen LogP contribution is 2.41. The molecule has 1 atom stereocenters. The maximum Gasteiger partial charge on any atom is 0.228 e. The highest BCUT2D eigenvalue weighted by molar-refractivity contribution is 7.84. The van der Waals surface area contributed by atoms with Crippen LogP contribution in [0, 0.1) is 6.92 Å². The summed E-state index contributed by atoms with van der Waals surface area (Å²) in [5.74, 6) is 0.485. The van der Waals surface area contributed by atoms with Gasteiger partial charge in [0.05, 0.1) is 23.8 Å². The lowest BCUT2D eigenvalue weighted by Crippen LogP contribution is -2.79. The van der Waals surface area contributed by atoms with Crippen molar-refractivity contribution < 1.29 is 39.3 Å². The Morgan fingerprint density at radius 1 is 1.00 bits per heavy atom. The number of fused-ring (bicyclic) bond motifs is 1. The van der Waals surface area contributed by atoms with E-state index in [9.17, 15) is 34.5 Å². The average molecular weight is 596 g/mol. The Hall–Kier alpha value is -3.46.